The monoisotopic (exact) mass is 295 g/mol. The summed E-state index contributed by atoms with van der Waals surface area (Å²) in [4.78, 5) is 12.3. The van der Waals surface area contributed by atoms with Crippen LogP contribution in [-0.2, 0) is 21.1 Å². The van der Waals surface area contributed by atoms with Crippen LogP contribution in [0.2, 0.25) is 0 Å². The van der Waals surface area contributed by atoms with E-state index in [2.05, 4.69) is 5.32 Å². The summed E-state index contributed by atoms with van der Waals surface area (Å²) in [5, 5.41) is 2.93. The van der Waals surface area contributed by atoms with Crippen LogP contribution in [0.4, 0.5) is 5.69 Å². The lowest BCUT2D eigenvalue weighted by Crippen LogP contribution is -2.34. The minimum absolute atomic E-state index is 0.0217. The van der Waals surface area contributed by atoms with Crippen LogP contribution in [0.25, 0.3) is 0 Å². The summed E-state index contributed by atoms with van der Waals surface area (Å²) >= 11 is 0. The van der Waals surface area contributed by atoms with Crippen molar-refractivity contribution in [1.29, 1.82) is 0 Å². The Morgan fingerprint density at radius 2 is 2.15 bits per heavy atom. The topological polar surface area (TPSA) is 63.2 Å². The first-order chi connectivity index (χ1) is 9.43. The lowest BCUT2D eigenvalue weighted by atomic mass is 10.0. The molecule has 0 aliphatic carbocycles. The zero-order chi connectivity index (χ0) is 14.8. The van der Waals surface area contributed by atoms with Gasteiger partial charge in [-0.05, 0) is 37.3 Å². The molecule has 1 heterocycles. The Balaban J connectivity index is 2.16. The molecule has 4 nitrogen and oxygen atoms in total. The van der Waals surface area contributed by atoms with Crippen molar-refractivity contribution >= 4 is 21.4 Å². The molecule has 0 bridgehead atoms. The van der Waals surface area contributed by atoms with Gasteiger partial charge in [0.05, 0.1) is 17.4 Å². The van der Waals surface area contributed by atoms with Gasteiger partial charge in [-0.3, -0.25) is 4.79 Å². The minimum Gasteiger partial charge on any atom is -0.325 e. The zero-order valence-corrected chi connectivity index (χ0v) is 12.8. The van der Waals surface area contributed by atoms with Crippen molar-refractivity contribution < 1.29 is 13.2 Å². The van der Waals surface area contributed by atoms with Crippen LogP contribution in [0.5, 0.6) is 0 Å². The van der Waals surface area contributed by atoms with E-state index in [1.54, 1.807) is 0 Å². The van der Waals surface area contributed by atoms with E-state index in [0.29, 0.717) is 12.8 Å². The van der Waals surface area contributed by atoms with E-state index in [0.717, 1.165) is 23.2 Å². The number of amides is 1. The molecular formula is C15H21NO3S. The van der Waals surface area contributed by atoms with Crippen LogP contribution in [0, 0.1) is 12.8 Å². The molecule has 1 aromatic carbocycles. The third-order valence-corrected chi connectivity index (χ3v) is 5.64. The number of anilines is 1. The van der Waals surface area contributed by atoms with E-state index in [4.69, 9.17) is 0 Å². The van der Waals surface area contributed by atoms with Gasteiger partial charge in [-0.2, -0.15) is 0 Å². The van der Waals surface area contributed by atoms with Crippen LogP contribution in [0.1, 0.15) is 30.9 Å². The zero-order valence-electron chi connectivity index (χ0n) is 12.0. The van der Waals surface area contributed by atoms with Crippen LogP contribution in [-0.4, -0.2) is 25.8 Å². The molecular weight excluding hydrogens is 274 g/mol. The predicted octanol–water partition coefficient (Wildman–Crippen LogP) is 2.32. The maximum Gasteiger partial charge on any atom is 0.228 e. The molecule has 1 unspecified atom stereocenters. The van der Waals surface area contributed by atoms with Gasteiger partial charge in [0.25, 0.3) is 0 Å². The molecule has 0 saturated carbocycles. The Bertz CT molecular complexity index is 608. The summed E-state index contributed by atoms with van der Waals surface area (Å²) in [7, 11) is -3.06. The van der Waals surface area contributed by atoms with Crippen molar-refractivity contribution in [2.75, 3.05) is 16.8 Å². The lowest BCUT2D eigenvalue weighted by molar-refractivity contribution is -0.119. The smallest absolute Gasteiger partial charge is 0.228 e. The number of nitrogens with one attached hydrogen (secondary N) is 1. The second kappa shape index (κ2) is 5.95. The first kappa shape index (κ1) is 15.0. The third kappa shape index (κ3) is 3.39. The summed E-state index contributed by atoms with van der Waals surface area (Å²) in [6.45, 7) is 3.99. The molecule has 0 radical (unpaired) electrons. The van der Waals surface area contributed by atoms with Gasteiger partial charge >= 0.3 is 0 Å². The minimum atomic E-state index is -3.06. The normalized spacial score (nSPS) is 21.4. The number of hydrogen-bond donors (Lipinski definition) is 1. The summed E-state index contributed by atoms with van der Waals surface area (Å²) in [6.07, 6.45) is 2.06. The number of rotatable bonds is 3. The Hall–Kier alpha value is -1.36. The maximum atomic E-state index is 12.3. The number of aryl methyl sites for hydroxylation is 2. The van der Waals surface area contributed by atoms with Crippen molar-refractivity contribution in [2.24, 2.45) is 5.92 Å². The first-order valence-corrected chi connectivity index (χ1v) is 8.85. The Kier molecular flexibility index (Phi) is 4.48. The summed E-state index contributed by atoms with van der Waals surface area (Å²) in [5.41, 5.74) is 2.93. The van der Waals surface area contributed by atoms with E-state index in [1.807, 2.05) is 32.0 Å². The highest BCUT2D eigenvalue weighted by atomic mass is 32.2. The molecule has 2 rings (SSSR count). The molecule has 110 valence electrons. The molecule has 1 N–H and O–H groups in total. The van der Waals surface area contributed by atoms with Gasteiger partial charge in [-0.25, -0.2) is 8.42 Å². The molecule has 1 aliphatic heterocycles. The van der Waals surface area contributed by atoms with E-state index in [9.17, 15) is 13.2 Å². The van der Waals surface area contributed by atoms with E-state index in [1.165, 1.54) is 0 Å². The van der Waals surface area contributed by atoms with Crippen LogP contribution in [0.3, 0.4) is 0 Å². The average Bonchev–Trinajstić information content (AvgIpc) is 2.39. The van der Waals surface area contributed by atoms with Crippen molar-refractivity contribution in [3.05, 3.63) is 29.3 Å². The molecule has 1 aromatic rings. The second-order valence-corrected chi connectivity index (χ2v) is 7.63. The third-order valence-electron chi connectivity index (χ3n) is 3.82. The van der Waals surface area contributed by atoms with Gasteiger partial charge in [-0.1, -0.05) is 25.1 Å². The molecule has 5 heteroatoms. The Morgan fingerprint density at radius 1 is 1.40 bits per heavy atom. The van der Waals surface area contributed by atoms with Crippen LogP contribution < -0.4 is 5.32 Å². The predicted molar refractivity (Wildman–Crippen MR) is 80.6 cm³/mol. The fourth-order valence-electron chi connectivity index (χ4n) is 2.66. The van der Waals surface area contributed by atoms with E-state index < -0.39 is 15.8 Å². The lowest BCUT2D eigenvalue weighted by Gasteiger charge is -2.22. The largest absolute Gasteiger partial charge is 0.325 e. The van der Waals surface area contributed by atoms with Gasteiger partial charge in [0.15, 0.2) is 9.84 Å². The maximum absolute atomic E-state index is 12.3. The van der Waals surface area contributed by atoms with Crippen LogP contribution >= 0.6 is 0 Å². The molecule has 1 atom stereocenters. The van der Waals surface area contributed by atoms with Crippen molar-refractivity contribution in [3.63, 3.8) is 0 Å². The van der Waals surface area contributed by atoms with Gasteiger partial charge in [0, 0.05) is 5.69 Å². The fourth-order valence-corrected chi connectivity index (χ4v) is 4.36. The number of para-hydroxylation sites is 1. The molecule has 1 saturated heterocycles. The summed E-state index contributed by atoms with van der Waals surface area (Å²) in [6, 6.07) is 5.90. The molecule has 0 aromatic heterocycles. The molecule has 1 fully saturated rings. The van der Waals surface area contributed by atoms with Gasteiger partial charge in [0.2, 0.25) is 5.91 Å². The van der Waals surface area contributed by atoms with Crippen LogP contribution in [0.15, 0.2) is 18.2 Å². The van der Waals surface area contributed by atoms with Gasteiger partial charge in [0.1, 0.15) is 0 Å². The Labute approximate surface area is 120 Å². The number of sulfone groups is 1. The number of carbonyl (C=O) groups excluding carboxylic acids is 1. The Morgan fingerprint density at radius 3 is 2.80 bits per heavy atom. The second-order valence-electron chi connectivity index (χ2n) is 5.41. The van der Waals surface area contributed by atoms with Crippen molar-refractivity contribution in [1.82, 2.24) is 0 Å². The summed E-state index contributed by atoms with van der Waals surface area (Å²) in [5.74, 6) is -0.400. The SMILES string of the molecule is CCc1cccc(C)c1NC(=O)C1CCCS(=O)(=O)C1. The molecule has 0 spiro atoms. The standard InChI is InChI=1S/C15H21NO3S/c1-3-12-7-4-6-11(2)14(12)16-15(17)13-8-5-9-20(18,19)10-13/h4,6-7,13H,3,5,8-10H2,1-2H3,(H,16,17). The number of hydrogen-bond acceptors (Lipinski definition) is 3. The summed E-state index contributed by atoms with van der Waals surface area (Å²) < 4.78 is 23.3. The average molecular weight is 295 g/mol. The molecule has 1 aliphatic rings. The van der Waals surface area contributed by atoms with Gasteiger partial charge in [-0.15, -0.1) is 0 Å². The van der Waals surface area contributed by atoms with E-state index in [-0.39, 0.29) is 17.4 Å². The molecule has 20 heavy (non-hydrogen) atoms. The van der Waals surface area contributed by atoms with Crippen molar-refractivity contribution in [2.45, 2.75) is 33.1 Å². The molecule has 1 amide bonds. The highest BCUT2D eigenvalue weighted by Gasteiger charge is 2.30. The highest BCUT2D eigenvalue weighted by molar-refractivity contribution is 7.91. The highest BCUT2D eigenvalue weighted by Crippen LogP contribution is 2.24. The van der Waals surface area contributed by atoms with Crippen molar-refractivity contribution in [3.8, 4) is 0 Å². The van der Waals surface area contributed by atoms with E-state index >= 15 is 0 Å². The van der Waals surface area contributed by atoms with Gasteiger partial charge < -0.3 is 5.32 Å². The quantitative estimate of drug-likeness (QED) is 0.931. The first-order valence-electron chi connectivity index (χ1n) is 7.02. The fraction of sp³-hybridized carbons (Fsp3) is 0.533. The number of benzene rings is 1. The number of carbonyl (C=O) groups is 1.